The number of piperazine rings is 1. The summed E-state index contributed by atoms with van der Waals surface area (Å²) in [6, 6.07) is 9.41. The molecule has 1 amide bonds. The van der Waals surface area contributed by atoms with Crippen molar-refractivity contribution in [2.75, 3.05) is 39.3 Å². The van der Waals surface area contributed by atoms with Crippen molar-refractivity contribution >= 4 is 5.91 Å². The van der Waals surface area contributed by atoms with Crippen molar-refractivity contribution in [1.82, 2.24) is 4.90 Å². The minimum Gasteiger partial charge on any atom is -0.481 e. The molecule has 5 nitrogen and oxygen atoms in total. The summed E-state index contributed by atoms with van der Waals surface area (Å²) in [5.41, 5.74) is 0. The van der Waals surface area contributed by atoms with E-state index in [1.54, 1.807) is 6.92 Å². The summed E-state index contributed by atoms with van der Waals surface area (Å²) < 4.78 is 5.67. The second-order valence-electron chi connectivity index (χ2n) is 5.12. The number of carbonyl (C=O) groups is 1. The van der Waals surface area contributed by atoms with E-state index in [2.05, 4.69) is 0 Å². The first-order valence-electron chi connectivity index (χ1n) is 7.15. The molecule has 1 heterocycles. The number of nitrogens with one attached hydrogen (secondary N) is 1. The number of nitrogens with zero attached hydrogens (tertiary/aromatic N) is 1. The van der Waals surface area contributed by atoms with Gasteiger partial charge in [0.25, 0.3) is 5.91 Å². The fraction of sp³-hybridized carbons (Fsp3) is 0.533. The Morgan fingerprint density at radius 2 is 2.00 bits per heavy atom. The van der Waals surface area contributed by atoms with Crippen LogP contribution in [0.5, 0.6) is 5.75 Å². The molecule has 0 unspecified atom stereocenters. The van der Waals surface area contributed by atoms with E-state index in [4.69, 9.17) is 9.84 Å². The Balaban J connectivity index is 1.82. The van der Waals surface area contributed by atoms with Crippen LogP contribution in [0.3, 0.4) is 0 Å². The van der Waals surface area contributed by atoms with Crippen LogP contribution in [0.1, 0.15) is 6.92 Å². The highest BCUT2D eigenvalue weighted by atomic mass is 16.5. The summed E-state index contributed by atoms with van der Waals surface area (Å²) in [5.74, 6) is 0.759. The molecule has 0 aromatic heterocycles. The maximum absolute atomic E-state index is 12.3. The van der Waals surface area contributed by atoms with Gasteiger partial charge in [0.1, 0.15) is 12.3 Å². The summed E-state index contributed by atoms with van der Waals surface area (Å²) in [4.78, 5) is 15.5. The van der Waals surface area contributed by atoms with Crippen LogP contribution < -0.4 is 9.64 Å². The molecule has 0 bridgehead atoms. The molecular weight excluding hydrogens is 256 g/mol. The third kappa shape index (κ3) is 3.95. The third-order valence-corrected chi connectivity index (χ3v) is 3.65. The van der Waals surface area contributed by atoms with Gasteiger partial charge in [0.2, 0.25) is 0 Å². The standard InChI is InChI=1S/C15H22N2O3/c1-13(20-14-5-3-2-4-6-14)15(19)17-9-7-16(8-10-17)11-12-18/h2-6,13,18H,7-12H2,1H3/p+1/t13-/m0/s1. The lowest BCUT2D eigenvalue weighted by Crippen LogP contribution is -3.15. The summed E-state index contributed by atoms with van der Waals surface area (Å²) in [6.45, 7) is 6.01. The Labute approximate surface area is 119 Å². The zero-order valence-corrected chi connectivity index (χ0v) is 11.9. The van der Waals surface area contributed by atoms with Gasteiger partial charge in [0, 0.05) is 0 Å². The van der Waals surface area contributed by atoms with Crippen molar-refractivity contribution in [3.8, 4) is 5.75 Å². The first-order chi connectivity index (χ1) is 9.70. The summed E-state index contributed by atoms with van der Waals surface area (Å²) in [5, 5.41) is 8.92. The zero-order valence-electron chi connectivity index (χ0n) is 11.9. The molecule has 0 aliphatic carbocycles. The molecule has 1 aliphatic heterocycles. The fourth-order valence-corrected chi connectivity index (χ4v) is 2.46. The maximum Gasteiger partial charge on any atom is 0.263 e. The normalized spacial score (nSPS) is 17.8. The molecular formula is C15H23N2O3+. The molecule has 0 radical (unpaired) electrons. The van der Waals surface area contributed by atoms with Crippen LogP contribution in [0.4, 0.5) is 0 Å². The predicted octanol–water partition coefficient (Wildman–Crippen LogP) is -0.827. The highest BCUT2D eigenvalue weighted by Crippen LogP contribution is 2.12. The van der Waals surface area contributed by atoms with Crippen LogP contribution in [0.25, 0.3) is 0 Å². The topological polar surface area (TPSA) is 54.2 Å². The predicted molar refractivity (Wildman–Crippen MR) is 75.8 cm³/mol. The summed E-state index contributed by atoms with van der Waals surface area (Å²) >= 11 is 0. The minimum absolute atomic E-state index is 0.0388. The molecule has 2 N–H and O–H groups in total. The lowest BCUT2D eigenvalue weighted by atomic mass is 10.2. The van der Waals surface area contributed by atoms with E-state index in [9.17, 15) is 4.79 Å². The van der Waals surface area contributed by atoms with Gasteiger partial charge in [-0.1, -0.05) is 18.2 Å². The lowest BCUT2D eigenvalue weighted by molar-refractivity contribution is -0.904. The number of aliphatic hydroxyl groups is 1. The number of rotatable bonds is 5. The molecule has 1 aromatic rings. The van der Waals surface area contributed by atoms with Crippen LogP contribution in [-0.4, -0.2) is 61.3 Å². The number of aliphatic hydroxyl groups excluding tert-OH is 1. The highest BCUT2D eigenvalue weighted by molar-refractivity contribution is 5.81. The number of hydrogen-bond acceptors (Lipinski definition) is 3. The Bertz CT molecular complexity index is 416. The molecule has 0 spiro atoms. The van der Waals surface area contributed by atoms with Crippen LogP contribution in [-0.2, 0) is 4.79 Å². The fourth-order valence-electron chi connectivity index (χ4n) is 2.46. The van der Waals surface area contributed by atoms with Gasteiger partial charge >= 0.3 is 0 Å². The average Bonchev–Trinajstić information content (AvgIpc) is 2.48. The second-order valence-corrected chi connectivity index (χ2v) is 5.12. The smallest absolute Gasteiger partial charge is 0.263 e. The monoisotopic (exact) mass is 279 g/mol. The number of quaternary nitrogens is 1. The van der Waals surface area contributed by atoms with Crippen LogP contribution in [0, 0.1) is 0 Å². The quantitative estimate of drug-likeness (QED) is 0.740. The van der Waals surface area contributed by atoms with E-state index in [1.807, 2.05) is 35.2 Å². The number of ether oxygens (including phenoxy) is 1. The van der Waals surface area contributed by atoms with Crippen molar-refractivity contribution < 1.29 is 19.5 Å². The first kappa shape index (κ1) is 14.8. The van der Waals surface area contributed by atoms with Gasteiger partial charge in [0.05, 0.1) is 32.8 Å². The van der Waals surface area contributed by atoms with Crippen molar-refractivity contribution in [1.29, 1.82) is 0 Å². The third-order valence-electron chi connectivity index (χ3n) is 3.65. The van der Waals surface area contributed by atoms with Gasteiger partial charge in [-0.25, -0.2) is 0 Å². The number of benzene rings is 1. The van der Waals surface area contributed by atoms with Gasteiger partial charge < -0.3 is 19.6 Å². The van der Waals surface area contributed by atoms with Crippen LogP contribution in [0.2, 0.25) is 0 Å². The van der Waals surface area contributed by atoms with Crippen LogP contribution in [0.15, 0.2) is 30.3 Å². The molecule has 1 atom stereocenters. The van der Waals surface area contributed by atoms with E-state index < -0.39 is 6.10 Å². The Kier molecular flexibility index (Phi) is 5.38. The molecule has 1 aliphatic rings. The first-order valence-corrected chi connectivity index (χ1v) is 7.15. The van der Waals surface area contributed by atoms with Crippen molar-refractivity contribution in [3.05, 3.63) is 30.3 Å². The van der Waals surface area contributed by atoms with E-state index in [1.165, 1.54) is 4.90 Å². The van der Waals surface area contributed by atoms with E-state index in [-0.39, 0.29) is 12.5 Å². The summed E-state index contributed by atoms with van der Waals surface area (Å²) in [7, 11) is 0. The molecule has 1 aromatic carbocycles. The molecule has 2 rings (SSSR count). The van der Waals surface area contributed by atoms with Gasteiger partial charge in [-0.15, -0.1) is 0 Å². The van der Waals surface area contributed by atoms with E-state index in [0.717, 1.165) is 38.5 Å². The Morgan fingerprint density at radius 1 is 1.35 bits per heavy atom. The van der Waals surface area contributed by atoms with Crippen molar-refractivity contribution in [2.45, 2.75) is 13.0 Å². The van der Waals surface area contributed by atoms with Crippen molar-refractivity contribution in [3.63, 3.8) is 0 Å². The van der Waals surface area contributed by atoms with E-state index >= 15 is 0 Å². The Morgan fingerprint density at radius 3 is 2.60 bits per heavy atom. The number of para-hydroxylation sites is 1. The average molecular weight is 279 g/mol. The highest BCUT2D eigenvalue weighted by Gasteiger charge is 2.27. The Hall–Kier alpha value is -1.59. The number of hydrogen-bond donors (Lipinski definition) is 2. The largest absolute Gasteiger partial charge is 0.481 e. The second kappa shape index (κ2) is 7.26. The summed E-state index contributed by atoms with van der Waals surface area (Å²) in [6.07, 6.45) is -0.461. The molecule has 1 saturated heterocycles. The van der Waals surface area contributed by atoms with Gasteiger partial charge in [-0.05, 0) is 19.1 Å². The van der Waals surface area contributed by atoms with Crippen LogP contribution >= 0.6 is 0 Å². The number of carbonyl (C=O) groups excluding carboxylic acids is 1. The van der Waals surface area contributed by atoms with Gasteiger partial charge in [0.15, 0.2) is 6.10 Å². The van der Waals surface area contributed by atoms with Gasteiger partial charge in [-0.3, -0.25) is 4.79 Å². The molecule has 1 fully saturated rings. The van der Waals surface area contributed by atoms with Crippen molar-refractivity contribution in [2.24, 2.45) is 0 Å². The van der Waals surface area contributed by atoms with E-state index in [0.29, 0.717) is 0 Å². The number of amides is 1. The van der Waals surface area contributed by atoms with Gasteiger partial charge in [-0.2, -0.15) is 0 Å². The molecule has 110 valence electrons. The zero-order chi connectivity index (χ0) is 14.4. The SMILES string of the molecule is C[C@H](Oc1ccccc1)C(=O)N1CC[NH+](CCO)CC1. The lowest BCUT2D eigenvalue weighted by Gasteiger charge is -2.33. The molecule has 5 heteroatoms. The molecule has 0 saturated carbocycles. The molecule has 20 heavy (non-hydrogen) atoms. The minimum atomic E-state index is -0.461. The maximum atomic E-state index is 12.3.